The van der Waals surface area contributed by atoms with Gasteiger partial charge < -0.3 is 29.7 Å². The van der Waals surface area contributed by atoms with Gasteiger partial charge in [-0.2, -0.15) is 0 Å². The van der Waals surface area contributed by atoms with Crippen LogP contribution in [0.2, 0.25) is 0 Å². The van der Waals surface area contributed by atoms with Crippen molar-refractivity contribution in [2.75, 3.05) is 13.2 Å². The van der Waals surface area contributed by atoms with Gasteiger partial charge in [0.25, 0.3) is 0 Å². The highest BCUT2D eigenvalue weighted by Crippen LogP contribution is 2.26. The van der Waals surface area contributed by atoms with Gasteiger partial charge in [-0.3, -0.25) is 9.59 Å². The lowest BCUT2D eigenvalue weighted by atomic mass is 9.88. The van der Waals surface area contributed by atoms with E-state index in [0.29, 0.717) is 6.54 Å². The molecule has 0 bridgehead atoms. The van der Waals surface area contributed by atoms with E-state index in [1.807, 2.05) is 45.9 Å². The van der Waals surface area contributed by atoms with Crippen molar-refractivity contribution in [2.45, 2.75) is 91.1 Å². The van der Waals surface area contributed by atoms with Crippen molar-refractivity contribution in [1.82, 2.24) is 5.32 Å². The number of alkyl carbamates (subject to hydrolysis) is 1. The summed E-state index contributed by atoms with van der Waals surface area (Å²) < 4.78 is 16.2. The van der Waals surface area contributed by atoms with Crippen LogP contribution in [0, 0.1) is 11.8 Å². The number of ether oxygens (including phenoxy) is 3. The van der Waals surface area contributed by atoms with Crippen LogP contribution in [-0.2, 0) is 23.8 Å². The van der Waals surface area contributed by atoms with Crippen LogP contribution in [0.4, 0.5) is 4.79 Å². The molecule has 1 aliphatic heterocycles. The van der Waals surface area contributed by atoms with Crippen molar-refractivity contribution in [3.05, 3.63) is 36.0 Å². The molecule has 0 fully saturated rings. The van der Waals surface area contributed by atoms with E-state index in [0.717, 1.165) is 12.0 Å². The minimum Gasteiger partial charge on any atom is -0.457 e. The Labute approximate surface area is 214 Å². The van der Waals surface area contributed by atoms with Gasteiger partial charge in [-0.1, -0.05) is 45.1 Å². The van der Waals surface area contributed by atoms with E-state index in [1.54, 1.807) is 12.2 Å². The predicted octanol–water partition coefficient (Wildman–Crippen LogP) is 3.59. The Kier molecular flexibility index (Phi) is 13.5. The lowest BCUT2D eigenvalue weighted by Crippen LogP contribution is -2.42. The Hall–Kier alpha value is -2.65. The standard InChI is InChI=1S/C27H43NO8/c1-7-15-28-26(32)34-17-18(2)9-8-10-19(3)25-20(4)11-12-23(35-21(5)29)27(6,33)14-13-22(30)16-24(31)36-25/h8-12,18,20,22-23,25,30,33H,7,13-17H2,1-6H3,(H,28,32)/b9-8+,12-11+,19-10+/t18-,20-,22-,23-,25+,27-/m0/s1. The summed E-state index contributed by atoms with van der Waals surface area (Å²) in [6, 6.07) is 0. The topological polar surface area (TPSA) is 131 Å². The third-order valence-electron chi connectivity index (χ3n) is 5.86. The molecule has 0 aromatic rings. The first-order chi connectivity index (χ1) is 16.9. The highest BCUT2D eigenvalue weighted by atomic mass is 16.6. The number of rotatable bonds is 8. The van der Waals surface area contributed by atoms with Crippen molar-refractivity contribution < 1.29 is 38.8 Å². The highest BCUT2D eigenvalue weighted by Gasteiger charge is 2.35. The summed E-state index contributed by atoms with van der Waals surface area (Å²) in [5.74, 6) is -1.41. The van der Waals surface area contributed by atoms with E-state index >= 15 is 0 Å². The molecule has 9 heteroatoms. The number of allylic oxidation sites excluding steroid dienone is 2. The number of cyclic esters (lactones) is 1. The minimum atomic E-state index is -1.42. The lowest BCUT2D eigenvalue weighted by molar-refractivity contribution is -0.157. The molecule has 0 saturated carbocycles. The van der Waals surface area contributed by atoms with E-state index in [1.165, 1.54) is 13.8 Å². The van der Waals surface area contributed by atoms with Crippen molar-refractivity contribution in [2.24, 2.45) is 11.8 Å². The zero-order valence-corrected chi connectivity index (χ0v) is 22.4. The second-order valence-corrected chi connectivity index (χ2v) is 9.74. The van der Waals surface area contributed by atoms with Gasteiger partial charge in [0.2, 0.25) is 0 Å². The van der Waals surface area contributed by atoms with Crippen molar-refractivity contribution in [3.63, 3.8) is 0 Å². The highest BCUT2D eigenvalue weighted by molar-refractivity contribution is 5.70. The summed E-state index contributed by atoms with van der Waals surface area (Å²) in [7, 11) is 0. The predicted molar refractivity (Wildman–Crippen MR) is 136 cm³/mol. The fourth-order valence-corrected chi connectivity index (χ4v) is 3.66. The first-order valence-electron chi connectivity index (χ1n) is 12.6. The average Bonchev–Trinajstić information content (AvgIpc) is 2.80. The molecular weight excluding hydrogens is 466 g/mol. The number of carbonyl (C=O) groups is 3. The number of aliphatic hydroxyl groups excluding tert-OH is 1. The smallest absolute Gasteiger partial charge is 0.407 e. The molecule has 0 saturated heterocycles. The molecule has 0 radical (unpaired) electrons. The van der Waals surface area contributed by atoms with Crippen molar-refractivity contribution >= 4 is 18.0 Å². The Balaban J connectivity index is 3.02. The fraction of sp³-hybridized carbons (Fsp3) is 0.667. The molecule has 0 aliphatic carbocycles. The van der Waals surface area contributed by atoms with E-state index in [9.17, 15) is 24.6 Å². The van der Waals surface area contributed by atoms with Gasteiger partial charge in [0, 0.05) is 25.3 Å². The second kappa shape index (κ2) is 15.5. The quantitative estimate of drug-likeness (QED) is 0.196. The number of hydrogen-bond donors (Lipinski definition) is 3. The van der Waals surface area contributed by atoms with Crippen LogP contribution in [0.1, 0.15) is 67.2 Å². The molecule has 1 heterocycles. The molecule has 1 aliphatic rings. The summed E-state index contributed by atoms with van der Waals surface area (Å²) in [4.78, 5) is 35.7. The third-order valence-corrected chi connectivity index (χ3v) is 5.86. The molecule has 0 aromatic heterocycles. The zero-order valence-electron chi connectivity index (χ0n) is 22.4. The number of esters is 2. The average molecular weight is 510 g/mol. The maximum Gasteiger partial charge on any atom is 0.407 e. The monoisotopic (exact) mass is 509 g/mol. The van der Waals surface area contributed by atoms with Crippen LogP contribution in [0.3, 0.4) is 0 Å². The van der Waals surface area contributed by atoms with Gasteiger partial charge in [-0.25, -0.2) is 4.79 Å². The normalized spacial score (nSPS) is 29.9. The second-order valence-electron chi connectivity index (χ2n) is 9.74. The molecule has 204 valence electrons. The zero-order chi connectivity index (χ0) is 27.3. The number of nitrogens with one attached hydrogen (secondary N) is 1. The van der Waals surface area contributed by atoms with Crippen LogP contribution in [0.15, 0.2) is 36.0 Å². The molecule has 9 nitrogen and oxygen atoms in total. The number of aliphatic hydroxyl groups is 2. The third kappa shape index (κ3) is 11.9. The van der Waals surface area contributed by atoms with Gasteiger partial charge >= 0.3 is 18.0 Å². The van der Waals surface area contributed by atoms with Gasteiger partial charge in [-0.15, -0.1) is 0 Å². The number of amides is 1. The molecule has 0 unspecified atom stereocenters. The lowest BCUT2D eigenvalue weighted by Gasteiger charge is -2.32. The maximum absolute atomic E-state index is 12.5. The van der Waals surface area contributed by atoms with Gasteiger partial charge in [0.1, 0.15) is 17.8 Å². The SMILES string of the molecule is CCCNC(=O)OC[C@@H](C)/C=C/C=C(\C)[C@H]1OC(=O)C[C@@H](O)CC[C@](C)(O)[C@@H](OC(C)=O)/C=C/[C@@H]1C. The van der Waals surface area contributed by atoms with Crippen molar-refractivity contribution in [1.29, 1.82) is 0 Å². The summed E-state index contributed by atoms with van der Waals surface area (Å²) in [6.07, 6.45) is 6.76. The number of hydrogen-bond acceptors (Lipinski definition) is 8. The summed E-state index contributed by atoms with van der Waals surface area (Å²) in [5, 5.41) is 23.8. The molecule has 1 rings (SSSR count). The van der Waals surface area contributed by atoms with E-state index in [2.05, 4.69) is 5.32 Å². The van der Waals surface area contributed by atoms with Crippen LogP contribution in [0.25, 0.3) is 0 Å². The van der Waals surface area contributed by atoms with Gasteiger partial charge in [0.15, 0.2) is 0 Å². The largest absolute Gasteiger partial charge is 0.457 e. The minimum absolute atomic E-state index is 0.0283. The first-order valence-corrected chi connectivity index (χ1v) is 12.6. The summed E-state index contributed by atoms with van der Waals surface area (Å²) in [5.41, 5.74) is -0.659. The van der Waals surface area contributed by atoms with Gasteiger partial charge in [-0.05, 0) is 44.8 Å². The molecule has 1 amide bonds. The van der Waals surface area contributed by atoms with E-state index < -0.39 is 41.9 Å². The number of carbonyl (C=O) groups excluding carboxylic acids is 3. The summed E-state index contributed by atoms with van der Waals surface area (Å²) >= 11 is 0. The van der Waals surface area contributed by atoms with Gasteiger partial charge in [0.05, 0.1) is 19.1 Å². The molecule has 36 heavy (non-hydrogen) atoms. The molecule has 0 aromatic carbocycles. The van der Waals surface area contributed by atoms with Crippen LogP contribution < -0.4 is 5.32 Å². The Morgan fingerprint density at radius 3 is 2.67 bits per heavy atom. The van der Waals surface area contributed by atoms with Crippen LogP contribution in [-0.4, -0.2) is 65.3 Å². The first kappa shape index (κ1) is 31.4. The Morgan fingerprint density at radius 2 is 2.03 bits per heavy atom. The Morgan fingerprint density at radius 1 is 1.33 bits per heavy atom. The molecule has 3 N–H and O–H groups in total. The molecule has 0 spiro atoms. The fourth-order valence-electron chi connectivity index (χ4n) is 3.66. The van der Waals surface area contributed by atoms with E-state index in [4.69, 9.17) is 14.2 Å². The molecular formula is C27H43NO8. The van der Waals surface area contributed by atoms with Crippen LogP contribution >= 0.6 is 0 Å². The van der Waals surface area contributed by atoms with Crippen molar-refractivity contribution in [3.8, 4) is 0 Å². The Bertz CT molecular complexity index is 817. The molecule has 6 atom stereocenters. The summed E-state index contributed by atoms with van der Waals surface area (Å²) in [6.45, 7) is 11.2. The van der Waals surface area contributed by atoms with Crippen LogP contribution in [0.5, 0.6) is 0 Å². The van der Waals surface area contributed by atoms with E-state index in [-0.39, 0.29) is 37.7 Å². The maximum atomic E-state index is 12.5.